The minimum absolute atomic E-state index is 0. The predicted molar refractivity (Wildman–Crippen MR) is 129 cm³/mol. The van der Waals surface area contributed by atoms with Gasteiger partial charge in [-0.25, -0.2) is 4.98 Å². The lowest BCUT2D eigenvalue weighted by Gasteiger charge is -2.13. The molecule has 5 heteroatoms. The van der Waals surface area contributed by atoms with Crippen molar-refractivity contribution in [1.82, 2.24) is 14.5 Å². The zero-order valence-electron chi connectivity index (χ0n) is 17.8. The first-order chi connectivity index (χ1) is 14.6. The lowest BCUT2D eigenvalue weighted by Crippen LogP contribution is -2.04. The minimum atomic E-state index is 0. The summed E-state index contributed by atoms with van der Waals surface area (Å²) in [6.45, 7) is 7.23. The molecule has 0 saturated carbocycles. The van der Waals surface area contributed by atoms with Gasteiger partial charge in [-0.3, -0.25) is 4.98 Å². The van der Waals surface area contributed by atoms with E-state index in [0.29, 0.717) is 5.88 Å². The van der Waals surface area contributed by atoms with E-state index in [1.165, 1.54) is 27.8 Å². The highest BCUT2D eigenvalue weighted by Crippen LogP contribution is 2.36. The maximum atomic E-state index is 6.42. The molecule has 4 nitrogen and oxygen atoms in total. The molecule has 5 aromatic rings. The largest absolute Gasteiger partial charge is 0.436 e. The van der Waals surface area contributed by atoms with Gasteiger partial charge in [-0.05, 0) is 50.1 Å². The molecule has 0 aliphatic heterocycles. The number of benzene rings is 2. The van der Waals surface area contributed by atoms with Gasteiger partial charge >= 0.3 is 0 Å². The van der Waals surface area contributed by atoms with Crippen LogP contribution >= 0.6 is 12.4 Å². The Kier molecular flexibility index (Phi) is 5.66. The third-order valence-electron chi connectivity index (χ3n) is 5.78. The molecule has 0 bridgehead atoms. The molecule has 5 rings (SSSR count). The van der Waals surface area contributed by atoms with Crippen LogP contribution in [-0.4, -0.2) is 14.5 Å². The van der Waals surface area contributed by atoms with Crippen LogP contribution in [0.4, 0.5) is 0 Å². The lowest BCUT2D eigenvalue weighted by atomic mass is 10.1. The third kappa shape index (κ3) is 3.75. The van der Waals surface area contributed by atoms with Gasteiger partial charge in [0.15, 0.2) is 0 Å². The Bertz CT molecular complexity index is 1390. The first-order valence-corrected chi connectivity index (χ1v) is 10.1. The number of aryl methyl sites for hydroxylation is 2. The van der Waals surface area contributed by atoms with Gasteiger partial charge in [-0.2, -0.15) is 0 Å². The standard InChI is InChI=1S/C26H23N3O.ClH/c1-17-6-4-7-20(14-17)16-29-19(3)18(2)22-11-13-28-26(25(22)29)30-24-9-5-8-21-15-27-12-10-23(21)24;/h4-15H,16H2,1-3H3;1H. The molecule has 0 aliphatic rings. The summed E-state index contributed by atoms with van der Waals surface area (Å²) in [7, 11) is 0. The van der Waals surface area contributed by atoms with Gasteiger partial charge < -0.3 is 9.30 Å². The van der Waals surface area contributed by atoms with Crippen LogP contribution in [0.3, 0.4) is 0 Å². The van der Waals surface area contributed by atoms with Crippen LogP contribution in [0.2, 0.25) is 0 Å². The Labute approximate surface area is 187 Å². The van der Waals surface area contributed by atoms with Crippen molar-refractivity contribution in [2.24, 2.45) is 0 Å². The van der Waals surface area contributed by atoms with E-state index in [0.717, 1.165) is 28.6 Å². The molecule has 3 aromatic heterocycles. The van der Waals surface area contributed by atoms with Crippen molar-refractivity contribution in [3.8, 4) is 11.6 Å². The average Bonchev–Trinajstić information content (AvgIpc) is 3.00. The molecular formula is C26H24ClN3O. The average molecular weight is 430 g/mol. The van der Waals surface area contributed by atoms with Gasteiger partial charge in [0.25, 0.3) is 0 Å². The van der Waals surface area contributed by atoms with Gasteiger partial charge in [0.2, 0.25) is 5.88 Å². The van der Waals surface area contributed by atoms with Crippen LogP contribution in [0.1, 0.15) is 22.4 Å². The highest BCUT2D eigenvalue weighted by atomic mass is 35.5. The van der Waals surface area contributed by atoms with E-state index in [9.17, 15) is 0 Å². The topological polar surface area (TPSA) is 39.9 Å². The molecule has 156 valence electrons. The van der Waals surface area contributed by atoms with Crippen molar-refractivity contribution < 1.29 is 4.74 Å². The molecule has 0 radical (unpaired) electrons. The molecule has 0 amide bonds. The van der Waals surface area contributed by atoms with Gasteiger partial charge in [0.05, 0.1) is 0 Å². The van der Waals surface area contributed by atoms with Gasteiger partial charge in [0, 0.05) is 47.0 Å². The molecule has 0 N–H and O–H groups in total. The summed E-state index contributed by atoms with van der Waals surface area (Å²) in [5.41, 5.74) is 6.04. The van der Waals surface area contributed by atoms with Crippen molar-refractivity contribution >= 4 is 34.1 Å². The fourth-order valence-electron chi connectivity index (χ4n) is 4.11. The number of hydrogen-bond donors (Lipinski definition) is 0. The fraction of sp³-hybridized carbons (Fsp3) is 0.154. The normalized spacial score (nSPS) is 10.9. The second-order valence-electron chi connectivity index (χ2n) is 7.75. The first kappa shape index (κ1) is 20.9. The summed E-state index contributed by atoms with van der Waals surface area (Å²) >= 11 is 0. The Hall–Kier alpha value is -3.37. The fourth-order valence-corrected chi connectivity index (χ4v) is 4.11. The van der Waals surface area contributed by atoms with Crippen molar-refractivity contribution in [1.29, 1.82) is 0 Å². The van der Waals surface area contributed by atoms with Crippen LogP contribution in [-0.2, 0) is 6.54 Å². The lowest BCUT2D eigenvalue weighted by molar-refractivity contribution is 0.471. The zero-order valence-corrected chi connectivity index (χ0v) is 18.6. The van der Waals surface area contributed by atoms with E-state index < -0.39 is 0 Å². The number of aromatic nitrogens is 3. The molecule has 0 spiro atoms. The summed E-state index contributed by atoms with van der Waals surface area (Å²) in [5, 5.41) is 3.24. The molecule has 2 aromatic carbocycles. The Morgan fingerprint density at radius 1 is 0.903 bits per heavy atom. The Balaban J connectivity index is 0.00000231. The molecule has 0 fully saturated rings. The van der Waals surface area contributed by atoms with E-state index in [-0.39, 0.29) is 12.4 Å². The Morgan fingerprint density at radius 2 is 1.71 bits per heavy atom. The highest BCUT2D eigenvalue weighted by Gasteiger charge is 2.17. The Morgan fingerprint density at radius 3 is 2.55 bits per heavy atom. The van der Waals surface area contributed by atoms with Gasteiger partial charge in [0.1, 0.15) is 11.3 Å². The summed E-state index contributed by atoms with van der Waals surface area (Å²) in [6.07, 6.45) is 5.47. The molecule has 0 saturated heterocycles. The second-order valence-corrected chi connectivity index (χ2v) is 7.75. The highest BCUT2D eigenvalue weighted by molar-refractivity contribution is 5.91. The number of halogens is 1. The predicted octanol–water partition coefficient (Wildman–Crippen LogP) is 6.77. The second kappa shape index (κ2) is 8.40. The third-order valence-corrected chi connectivity index (χ3v) is 5.78. The van der Waals surface area contributed by atoms with E-state index in [2.05, 4.69) is 65.6 Å². The molecule has 0 aliphatic carbocycles. The number of pyridine rings is 2. The van der Waals surface area contributed by atoms with Crippen LogP contribution < -0.4 is 4.74 Å². The van der Waals surface area contributed by atoms with Gasteiger partial charge in [-0.15, -0.1) is 12.4 Å². The minimum Gasteiger partial charge on any atom is -0.436 e. The maximum Gasteiger partial charge on any atom is 0.244 e. The zero-order chi connectivity index (χ0) is 20.7. The summed E-state index contributed by atoms with van der Waals surface area (Å²) in [6, 6.07) is 18.7. The number of hydrogen-bond acceptors (Lipinski definition) is 3. The van der Waals surface area contributed by atoms with Crippen LogP contribution in [0.15, 0.2) is 73.2 Å². The van der Waals surface area contributed by atoms with Crippen molar-refractivity contribution in [2.45, 2.75) is 27.3 Å². The van der Waals surface area contributed by atoms with Crippen molar-refractivity contribution in [2.75, 3.05) is 0 Å². The molecule has 0 unspecified atom stereocenters. The number of ether oxygens (including phenoxy) is 1. The quantitative estimate of drug-likeness (QED) is 0.316. The summed E-state index contributed by atoms with van der Waals surface area (Å²) in [5.74, 6) is 1.41. The number of rotatable bonds is 4. The van der Waals surface area contributed by atoms with Crippen LogP contribution in [0, 0.1) is 20.8 Å². The van der Waals surface area contributed by atoms with Crippen molar-refractivity contribution in [3.63, 3.8) is 0 Å². The molecule has 31 heavy (non-hydrogen) atoms. The molecule has 0 atom stereocenters. The van der Waals surface area contributed by atoms with Crippen molar-refractivity contribution in [3.05, 3.63) is 95.6 Å². The monoisotopic (exact) mass is 429 g/mol. The van der Waals surface area contributed by atoms with E-state index in [4.69, 9.17) is 4.74 Å². The smallest absolute Gasteiger partial charge is 0.244 e. The van der Waals surface area contributed by atoms with Crippen LogP contribution in [0.5, 0.6) is 11.6 Å². The number of fused-ring (bicyclic) bond motifs is 2. The maximum absolute atomic E-state index is 6.42. The van der Waals surface area contributed by atoms with E-state index >= 15 is 0 Å². The van der Waals surface area contributed by atoms with E-state index in [1.54, 1.807) is 6.20 Å². The summed E-state index contributed by atoms with van der Waals surface area (Å²) in [4.78, 5) is 8.84. The molecule has 3 heterocycles. The van der Waals surface area contributed by atoms with E-state index in [1.807, 2.05) is 36.7 Å². The number of nitrogens with zero attached hydrogens (tertiary/aromatic N) is 3. The van der Waals surface area contributed by atoms with Gasteiger partial charge in [-0.1, -0.05) is 42.0 Å². The first-order valence-electron chi connectivity index (χ1n) is 10.1. The SMILES string of the molecule is Cc1cccc(Cn2c(C)c(C)c3ccnc(Oc4cccc5cnccc45)c32)c1.Cl. The molecular weight excluding hydrogens is 406 g/mol. The summed E-state index contributed by atoms with van der Waals surface area (Å²) < 4.78 is 8.73. The van der Waals surface area contributed by atoms with Crippen LogP contribution in [0.25, 0.3) is 21.7 Å².